The van der Waals surface area contributed by atoms with Crippen LogP contribution in [-0.2, 0) is 0 Å². The van der Waals surface area contributed by atoms with Crippen LogP contribution in [0.1, 0.15) is 73.1 Å². The van der Waals surface area contributed by atoms with Crippen LogP contribution in [-0.4, -0.2) is 36.1 Å². The average Bonchev–Trinajstić information content (AvgIpc) is 2.58. The second-order valence-corrected chi connectivity index (χ2v) is 6.86. The SMILES string of the molecule is CCC1CCCC(NCCN(C(C)C)C(C)C)CC1. The fourth-order valence-electron chi connectivity index (χ4n) is 3.50. The third-order valence-electron chi connectivity index (χ3n) is 4.80. The van der Waals surface area contributed by atoms with Gasteiger partial charge in [-0.1, -0.05) is 26.2 Å². The lowest BCUT2D eigenvalue weighted by Gasteiger charge is -2.31. The first-order valence-corrected chi connectivity index (χ1v) is 8.53. The van der Waals surface area contributed by atoms with Gasteiger partial charge >= 0.3 is 0 Å². The average molecular weight is 268 g/mol. The molecule has 0 radical (unpaired) electrons. The Hall–Kier alpha value is -0.0800. The molecule has 0 aromatic rings. The van der Waals surface area contributed by atoms with Crippen molar-refractivity contribution in [3.63, 3.8) is 0 Å². The van der Waals surface area contributed by atoms with Gasteiger partial charge in [0.15, 0.2) is 0 Å². The van der Waals surface area contributed by atoms with Gasteiger partial charge in [0.1, 0.15) is 0 Å². The van der Waals surface area contributed by atoms with Gasteiger partial charge < -0.3 is 5.32 Å². The molecule has 1 N–H and O–H groups in total. The van der Waals surface area contributed by atoms with E-state index in [4.69, 9.17) is 0 Å². The molecule has 1 aliphatic carbocycles. The van der Waals surface area contributed by atoms with Gasteiger partial charge in [0.2, 0.25) is 0 Å². The molecule has 0 aliphatic heterocycles. The zero-order valence-electron chi connectivity index (χ0n) is 13.9. The molecule has 2 nitrogen and oxygen atoms in total. The van der Waals surface area contributed by atoms with E-state index in [1.807, 2.05) is 0 Å². The number of nitrogens with one attached hydrogen (secondary N) is 1. The van der Waals surface area contributed by atoms with Crippen molar-refractivity contribution in [3.8, 4) is 0 Å². The summed E-state index contributed by atoms with van der Waals surface area (Å²) in [6.07, 6.45) is 8.47. The van der Waals surface area contributed by atoms with Crippen LogP contribution in [0.3, 0.4) is 0 Å². The van der Waals surface area contributed by atoms with Gasteiger partial charge in [0, 0.05) is 31.2 Å². The summed E-state index contributed by atoms with van der Waals surface area (Å²) in [5.41, 5.74) is 0. The molecule has 0 amide bonds. The van der Waals surface area contributed by atoms with E-state index in [0.717, 1.165) is 18.5 Å². The van der Waals surface area contributed by atoms with E-state index < -0.39 is 0 Å². The molecule has 0 spiro atoms. The summed E-state index contributed by atoms with van der Waals surface area (Å²) in [4.78, 5) is 2.58. The number of rotatable bonds is 7. The van der Waals surface area contributed by atoms with E-state index in [1.165, 1.54) is 45.1 Å². The number of hydrogen-bond donors (Lipinski definition) is 1. The Bertz CT molecular complexity index is 217. The summed E-state index contributed by atoms with van der Waals surface area (Å²) in [6.45, 7) is 13.9. The minimum Gasteiger partial charge on any atom is -0.313 e. The standard InChI is InChI=1S/C17H36N2/c1-6-16-8-7-9-17(11-10-16)18-12-13-19(14(2)3)15(4)5/h14-18H,6-13H2,1-5H3. The van der Waals surface area contributed by atoms with Crippen molar-refractivity contribution in [1.82, 2.24) is 10.2 Å². The summed E-state index contributed by atoms with van der Waals surface area (Å²) in [6, 6.07) is 2.08. The third-order valence-corrected chi connectivity index (χ3v) is 4.80. The van der Waals surface area contributed by atoms with Gasteiger partial charge in [0.05, 0.1) is 0 Å². The molecule has 1 aliphatic rings. The molecule has 2 atom stereocenters. The Kier molecular flexibility index (Phi) is 8.01. The lowest BCUT2D eigenvalue weighted by Crippen LogP contribution is -2.43. The molecular formula is C17H36N2. The van der Waals surface area contributed by atoms with Crippen LogP contribution in [0.5, 0.6) is 0 Å². The maximum absolute atomic E-state index is 3.80. The molecule has 114 valence electrons. The minimum absolute atomic E-state index is 0.653. The van der Waals surface area contributed by atoms with E-state index >= 15 is 0 Å². The topological polar surface area (TPSA) is 15.3 Å². The van der Waals surface area contributed by atoms with Crippen LogP contribution in [0.2, 0.25) is 0 Å². The fraction of sp³-hybridized carbons (Fsp3) is 1.00. The highest BCUT2D eigenvalue weighted by atomic mass is 15.2. The molecule has 1 saturated carbocycles. The minimum atomic E-state index is 0.653. The van der Waals surface area contributed by atoms with Crippen molar-refractivity contribution in [2.24, 2.45) is 5.92 Å². The smallest absolute Gasteiger partial charge is 0.0112 e. The van der Waals surface area contributed by atoms with Crippen molar-refractivity contribution in [2.45, 2.75) is 91.3 Å². The van der Waals surface area contributed by atoms with Crippen LogP contribution >= 0.6 is 0 Å². The van der Waals surface area contributed by atoms with Gasteiger partial charge in [0.25, 0.3) is 0 Å². The Morgan fingerprint density at radius 2 is 1.68 bits per heavy atom. The molecule has 1 rings (SSSR count). The van der Waals surface area contributed by atoms with Gasteiger partial charge in [-0.3, -0.25) is 4.90 Å². The van der Waals surface area contributed by atoms with E-state index in [1.54, 1.807) is 0 Å². The first-order chi connectivity index (χ1) is 9.04. The highest BCUT2D eigenvalue weighted by Gasteiger charge is 2.18. The monoisotopic (exact) mass is 268 g/mol. The molecule has 2 heteroatoms. The maximum Gasteiger partial charge on any atom is 0.0112 e. The van der Waals surface area contributed by atoms with Crippen LogP contribution in [0.15, 0.2) is 0 Å². The van der Waals surface area contributed by atoms with Crippen LogP contribution in [0, 0.1) is 5.92 Å². The van der Waals surface area contributed by atoms with Crippen molar-refractivity contribution in [1.29, 1.82) is 0 Å². The van der Waals surface area contributed by atoms with Gasteiger partial charge in [-0.15, -0.1) is 0 Å². The Labute approximate surface area is 121 Å². The lowest BCUT2D eigenvalue weighted by atomic mass is 9.98. The quantitative estimate of drug-likeness (QED) is 0.701. The first-order valence-electron chi connectivity index (χ1n) is 8.53. The summed E-state index contributed by atoms with van der Waals surface area (Å²) < 4.78 is 0. The van der Waals surface area contributed by atoms with Gasteiger partial charge in [-0.2, -0.15) is 0 Å². The first kappa shape index (κ1) is 17.0. The van der Waals surface area contributed by atoms with E-state index in [2.05, 4.69) is 44.8 Å². The van der Waals surface area contributed by atoms with E-state index in [0.29, 0.717) is 12.1 Å². The summed E-state index contributed by atoms with van der Waals surface area (Å²) in [5, 5.41) is 3.80. The second kappa shape index (κ2) is 8.97. The Morgan fingerprint density at radius 1 is 1.00 bits per heavy atom. The van der Waals surface area contributed by atoms with Crippen molar-refractivity contribution in [2.75, 3.05) is 13.1 Å². The van der Waals surface area contributed by atoms with Gasteiger partial charge in [-0.25, -0.2) is 0 Å². The molecule has 0 bridgehead atoms. The third kappa shape index (κ3) is 6.27. The number of hydrogen-bond acceptors (Lipinski definition) is 2. The molecule has 2 unspecified atom stereocenters. The van der Waals surface area contributed by atoms with E-state index in [9.17, 15) is 0 Å². The Balaban J connectivity index is 2.24. The number of nitrogens with zero attached hydrogens (tertiary/aromatic N) is 1. The lowest BCUT2D eigenvalue weighted by molar-refractivity contribution is 0.173. The Morgan fingerprint density at radius 3 is 2.26 bits per heavy atom. The largest absolute Gasteiger partial charge is 0.313 e. The zero-order valence-corrected chi connectivity index (χ0v) is 13.9. The van der Waals surface area contributed by atoms with Crippen LogP contribution < -0.4 is 5.32 Å². The molecular weight excluding hydrogens is 232 g/mol. The molecule has 19 heavy (non-hydrogen) atoms. The summed E-state index contributed by atoms with van der Waals surface area (Å²) >= 11 is 0. The van der Waals surface area contributed by atoms with Crippen molar-refractivity contribution in [3.05, 3.63) is 0 Å². The predicted octanol–water partition coefficient (Wildman–Crippen LogP) is 4.05. The van der Waals surface area contributed by atoms with E-state index in [-0.39, 0.29) is 0 Å². The fourth-order valence-corrected chi connectivity index (χ4v) is 3.50. The highest BCUT2D eigenvalue weighted by molar-refractivity contribution is 4.76. The molecule has 0 aromatic carbocycles. The van der Waals surface area contributed by atoms with Crippen molar-refractivity contribution < 1.29 is 0 Å². The van der Waals surface area contributed by atoms with Crippen LogP contribution in [0.4, 0.5) is 0 Å². The molecule has 0 aromatic heterocycles. The van der Waals surface area contributed by atoms with Crippen LogP contribution in [0.25, 0.3) is 0 Å². The van der Waals surface area contributed by atoms with Gasteiger partial charge in [-0.05, 0) is 52.9 Å². The second-order valence-electron chi connectivity index (χ2n) is 6.86. The normalized spacial score (nSPS) is 25.3. The summed E-state index contributed by atoms with van der Waals surface area (Å²) in [7, 11) is 0. The van der Waals surface area contributed by atoms with Crippen molar-refractivity contribution >= 4 is 0 Å². The molecule has 0 heterocycles. The molecule has 0 saturated heterocycles. The zero-order chi connectivity index (χ0) is 14.3. The summed E-state index contributed by atoms with van der Waals surface area (Å²) in [5.74, 6) is 0.995. The predicted molar refractivity (Wildman–Crippen MR) is 85.6 cm³/mol. The highest BCUT2D eigenvalue weighted by Crippen LogP contribution is 2.25. The molecule has 1 fully saturated rings. The maximum atomic E-state index is 3.80.